The smallest absolute Gasteiger partial charge is 0.235 e. The summed E-state index contributed by atoms with van der Waals surface area (Å²) in [6, 6.07) is 5.55. The minimum atomic E-state index is -3.13. The zero-order valence-corrected chi connectivity index (χ0v) is 10.3. The molecule has 5 heteroatoms. The van der Waals surface area contributed by atoms with Crippen LogP contribution in [-0.2, 0) is 10.0 Å². The highest BCUT2D eigenvalue weighted by Gasteiger charge is 2.30. The third kappa shape index (κ3) is 1.87. The van der Waals surface area contributed by atoms with Crippen molar-refractivity contribution in [2.45, 2.75) is 13.3 Å². The molecule has 0 bridgehead atoms. The minimum absolute atomic E-state index is 0.226. The summed E-state index contributed by atoms with van der Waals surface area (Å²) < 4.78 is 30.2. The number of nitrogens with zero attached hydrogens (tertiary/aromatic N) is 1. The van der Waals surface area contributed by atoms with E-state index in [0.29, 0.717) is 24.4 Å². The fourth-order valence-electron chi connectivity index (χ4n) is 1.90. The van der Waals surface area contributed by atoms with E-state index >= 15 is 0 Å². The lowest BCUT2D eigenvalue weighted by molar-refractivity contribution is 0.415. The van der Waals surface area contributed by atoms with E-state index in [-0.39, 0.29) is 5.75 Å². The van der Waals surface area contributed by atoms with Gasteiger partial charge in [-0.05, 0) is 31.0 Å². The van der Waals surface area contributed by atoms with Gasteiger partial charge in [-0.1, -0.05) is 6.07 Å². The summed E-state index contributed by atoms with van der Waals surface area (Å²) >= 11 is 0. The molecule has 2 rings (SSSR count). The highest BCUT2D eigenvalue weighted by atomic mass is 32.2. The summed E-state index contributed by atoms with van der Waals surface area (Å²) in [6.07, 6.45) is 0.680. The number of methoxy groups -OCH3 is 1. The molecule has 4 nitrogen and oxygen atoms in total. The van der Waals surface area contributed by atoms with E-state index in [9.17, 15) is 8.42 Å². The molecule has 0 radical (unpaired) electrons. The molecule has 0 unspecified atom stereocenters. The molecular weight excluding hydrogens is 226 g/mol. The largest absolute Gasteiger partial charge is 0.495 e. The Morgan fingerprint density at radius 2 is 2.12 bits per heavy atom. The lowest BCUT2D eigenvalue weighted by Gasteiger charge is -2.19. The van der Waals surface area contributed by atoms with Crippen molar-refractivity contribution in [3.63, 3.8) is 0 Å². The molecule has 0 aromatic heterocycles. The predicted molar refractivity (Wildman–Crippen MR) is 63.5 cm³/mol. The Morgan fingerprint density at radius 1 is 1.38 bits per heavy atom. The first-order valence-corrected chi connectivity index (χ1v) is 6.80. The van der Waals surface area contributed by atoms with Crippen molar-refractivity contribution in [1.29, 1.82) is 0 Å². The van der Waals surface area contributed by atoms with Crippen molar-refractivity contribution in [1.82, 2.24) is 0 Å². The maximum atomic E-state index is 11.8. The Bertz CT molecular complexity index is 496. The number of benzene rings is 1. The summed E-state index contributed by atoms with van der Waals surface area (Å²) in [4.78, 5) is 0. The van der Waals surface area contributed by atoms with Crippen LogP contribution in [0.2, 0.25) is 0 Å². The molecule has 1 aliphatic heterocycles. The molecule has 0 atom stereocenters. The average Bonchev–Trinajstić information content (AvgIpc) is 2.58. The summed E-state index contributed by atoms with van der Waals surface area (Å²) in [5.41, 5.74) is 1.70. The fourth-order valence-corrected chi connectivity index (χ4v) is 3.47. The summed E-state index contributed by atoms with van der Waals surface area (Å²) in [5.74, 6) is 0.842. The maximum Gasteiger partial charge on any atom is 0.235 e. The zero-order valence-electron chi connectivity index (χ0n) is 9.43. The van der Waals surface area contributed by atoms with E-state index < -0.39 is 10.0 Å². The molecule has 0 N–H and O–H groups in total. The van der Waals surface area contributed by atoms with Gasteiger partial charge in [0.05, 0.1) is 18.6 Å². The summed E-state index contributed by atoms with van der Waals surface area (Å²) in [7, 11) is -1.58. The van der Waals surface area contributed by atoms with Gasteiger partial charge in [-0.2, -0.15) is 0 Å². The van der Waals surface area contributed by atoms with Gasteiger partial charge in [0.2, 0.25) is 10.0 Å². The lowest BCUT2D eigenvalue weighted by Crippen LogP contribution is -2.25. The molecule has 1 saturated heterocycles. The minimum Gasteiger partial charge on any atom is -0.495 e. The molecule has 1 aromatic rings. The molecular formula is C11H15NO3S. The standard InChI is InChI=1S/C11H15NO3S/c1-9-4-5-10(11(8-9)15-2)12-6-3-7-16(12,13)14/h4-5,8H,3,6-7H2,1-2H3. The van der Waals surface area contributed by atoms with Crippen LogP contribution < -0.4 is 9.04 Å². The Labute approximate surface area is 95.9 Å². The van der Waals surface area contributed by atoms with Crippen molar-refractivity contribution in [2.24, 2.45) is 0 Å². The van der Waals surface area contributed by atoms with Crippen LogP contribution in [0.1, 0.15) is 12.0 Å². The normalized spacial score (nSPS) is 18.8. The van der Waals surface area contributed by atoms with Crippen LogP contribution in [0.4, 0.5) is 5.69 Å². The number of hydrogen-bond donors (Lipinski definition) is 0. The van der Waals surface area contributed by atoms with Crippen LogP contribution >= 0.6 is 0 Å². The van der Waals surface area contributed by atoms with Gasteiger partial charge in [-0.25, -0.2) is 8.42 Å². The van der Waals surface area contributed by atoms with Crippen LogP contribution in [0.3, 0.4) is 0 Å². The first-order chi connectivity index (χ1) is 7.54. The monoisotopic (exact) mass is 241 g/mol. The van der Waals surface area contributed by atoms with E-state index in [1.807, 2.05) is 19.1 Å². The number of rotatable bonds is 2. The van der Waals surface area contributed by atoms with E-state index in [2.05, 4.69) is 0 Å². The Balaban J connectivity index is 2.48. The van der Waals surface area contributed by atoms with E-state index in [4.69, 9.17) is 4.74 Å². The molecule has 0 amide bonds. The highest BCUT2D eigenvalue weighted by Crippen LogP contribution is 2.33. The van der Waals surface area contributed by atoms with Crippen molar-refractivity contribution in [2.75, 3.05) is 23.7 Å². The third-order valence-corrected chi connectivity index (χ3v) is 4.56. The van der Waals surface area contributed by atoms with Crippen molar-refractivity contribution in [3.05, 3.63) is 23.8 Å². The van der Waals surface area contributed by atoms with Gasteiger partial charge in [0.1, 0.15) is 5.75 Å². The van der Waals surface area contributed by atoms with Crippen molar-refractivity contribution in [3.8, 4) is 5.75 Å². The highest BCUT2D eigenvalue weighted by molar-refractivity contribution is 7.93. The van der Waals surface area contributed by atoms with Crippen molar-refractivity contribution < 1.29 is 13.2 Å². The SMILES string of the molecule is COc1cc(C)ccc1N1CCCS1(=O)=O. The Hall–Kier alpha value is -1.23. The van der Waals surface area contributed by atoms with Gasteiger partial charge in [-0.15, -0.1) is 0 Å². The van der Waals surface area contributed by atoms with Crippen LogP contribution in [0, 0.1) is 6.92 Å². The lowest BCUT2D eigenvalue weighted by atomic mass is 10.2. The van der Waals surface area contributed by atoms with E-state index in [1.54, 1.807) is 13.2 Å². The van der Waals surface area contributed by atoms with Crippen LogP contribution in [-0.4, -0.2) is 27.8 Å². The number of sulfonamides is 1. The van der Waals surface area contributed by atoms with Gasteiger partial charge < -0.3 is 4.74 Å². The number of anilines is 1. The molecule has 88 valence electrons. The number of ether oxygens (including phenoxy) is 1. The quantitative estimate of drug-likeness (QED) is 0.789. The molecule has 16 heavy (non-hydrogen) atoms. The first kappa shape index (κ1) is 11.3. The number of aryl methyl sites for hydroxylation is 1. The second kappa shape index (κ2) is 3.97. The first-order valence-electron chi connectivity index (χ1n) is 5.19. The summed E-state index contributed by atoms with van der Waals surface area (Å²) in [6.45, 7) is 2.49. The van der Waals surface area contributed by atoms with Crippen molar-refractivity contribution >= 4 is 15.7 Å². The van der Waals surface area contributed by atoms with Crippen LogP contribution in [0.25, 0.3) is 0 Å². The topological polar surface area (TPSA) is 46.6 Å². The second-order valence-electron chi connectivity index (χ2n) is 3.92. The predicted octanol–water partition coefficient (Wildman–Crippen LogP) is 1.54. The van der Waals surface area contributed by atoms with Crippen LogP contribution in [0.5, 0.6) is 5.75 Å². The maximum absolute atomic E-state index is 11.8. The van der Waals surface area contributed by atoms with Gasteiger partial charge in [0.15, 0.2) is 0 Å². The van der Waals surface area contributed by atoms with Gasteiger partial charge in [0, 0.05) is 6.54 Å². The molecule has 1 heterocycles. The van der Waals surface area contributed by atoms with Crippen LogP contribution in [0.15, 0.2) is 18.2 Å². The molecule has 1 aromatic carbocycles. The number of hydrogen-bond acceptors (Lipinski definition) is 3. The molecule has 0 saturated carbocycles. The average molecular weight is 241 g/mol. The van der Waals surface area contributed by atoms with E-state index in [0.717, 1.165) is 5.56 Å². The molecule has 1 fully saturated rings. The van der Waals surface area contributed by atoms with Gasteiger partial charge in [0.25, 0.3) is 0 Å². The summed E-state index contributed by atoms with van der Waals surface area (Å²) in [5, 5.41) is 0. The second-order valence-corrected chi connectivity index (χ2v) is 5.93. The molecule has 0 spiro atoms. The Kier molecular flexibility index (Phi) is 2.80. The zero-order chi connectivity index (χ0) is 11.8. The third-order valence-electron chi connectivity index (χ3n) is 2.70. The Morgan fingerprint density at radius 3 is 2.69 bits per heavy atom. The fraction of sp³-hybridized carbons (Fsp3) is 0.455. The van der Waals surface area contributed by atoms with Gasteiger partial charge in [-0.3, -0.25) is 4.31 Å². The van der Waals surface area contributed by atoms with E-state index in [1.165, 1.54) is 4.31 Å². The molecule has 1 aliphatic rings. The molecule has 0 aliphatic carbocycles. The van der Waals surface area contributed by atoms with Gasteiger partial charge >= 0.3 is 0 Å².